The second-order valence-corrected chi connectivity index (χ2v) is 9.16. The Kier molecular flexibility index (Phi) is 8.47. The lowest BCUT2D eigenvalue weighted by Gasteiger charge is -2.18. The highest BCUT2D eigenvalue weighted by atomic mass is 32.2. The Balaban J connectivity index is 0.000000317. The van der Waals surface area contributed by atoms with Crippen molar-refractivity contribution in [2.45, 2.75) is 4.90 Å². The minimum atomic E-state index is -0.664. The fourth-order valence-corrected chi connectivity index (χ4v) is 4.50. The molecule has 0 fully saturated rings. The number of hydrogen-bond donors (Lipinski definition) is 1. The zero-order valence-corrected chi connectivity index (χ0v) is 21.5. The Labute approximate surface area is 224 Å². The van der Waals surface area contributed by atoms with E-state index in [1.54, 1.807) is 30.1 Å². The quantitative estimate of drug-likeness (QED) is 0.150. The van der Waals surface area contributed by atoms with Crippen LogP contribution in [0.5, 0.6) is 0 Å². The molecular weight excluding hydrogens is 500 g/mol. The van der Waals surface area contributed by atoms with E-state index < -0.39 is 17.8 Å². The Hall–Kier alpha value is -4.53. The Morgan fingerprint density at radius 1 is 0.816 bits per heavy atom. The van der Waals surface area contributed by atoms with Crippen molar-refractivity contribution in [3.63, 3.8) is 0 Å². The van der Waals surface area contributed by atoms with Crippen LogP contribution in [0.3, 0.4) is 0 Å². The maximum absolute atomic E-state index is 12.9. The van der Waals surface area contributed by atoms with Gasteiger partial charge in [0, 0.05) is 10.5 Å². The van der Waals surface area contributed by atoms with Crippen LogP contribution in [0.1, 0.15) is 41.4 Å². The maximum Gasteiger partial charge on any atom is 0.340 e. The molecule has 5 rings (SSSR count). The molecule has 1 heterocycles. The number of ether oxygens (including phenoxy) is 1. The standard InChI is InChI=1S/C23H15NO5.C7H9NS/c1-29-23(28)19-12-16(15-5-3-2-4-6-15)8-10-20(19)24-21(26)17-9-7-14(13-25)11-18(17)22(24)27;1-8-9-7-5-3-2-4-6-7/h2-13H,1H3;2-6,8H,1H3. The Bertz CT molecular complexity index is 1490. The number of amides is 2. The Morgan fingerprint density at radius 3 is 2.11 bits per heavy atom. The van der Waals surface area contributed by atoms with Crippen LogP contribution in [0.2, 0.25) is 0 Å². The fraction of sp³-hybridized carbons (Fsp3) is 0.0667. The number of fused-ring (bicyclic) bond motifs is 1. The molecule has 0 saturated heterocycles. The van der Waals surface area contributed by atoms with Gasteiger partial charge in [-0.1, -0.05) is 60.7 Å². The van der Waals surface area contributed by atoms with Crippen molar-refractivity contribution in [1.82, 2.24) is 4.72 Å². The third-order valence-electron chi connectivity index (χ3n) is 5.76. The first-order chi connectivity index (χ1) is 18.5. The molecule has 0 saturated carbocycles. The number of hydrogen-bond acceptors (Lipinski definition) is 7. The van der Waals surface area contributed by atoms with Crippen LogP contribution in [-0.2, 0) is 4.74 Å². The molecule has 1 aliphatic heterocycles. The molecule has 0 bridgehead atoms. The summed E-state index contributed by atoms with van der Waals surface area (Å²) in [6, 6.07) is 28.8. The summed E-state index contributed by atoms with van der Waals surface area (Å²) in [5.74, 6) is -1.81. The summed E-state index contributed by atoms with van der Waals surface area (Å²) in [5, 5.41) is 0. The van der Waals surface area contributed by atoms with E-state index in [0.717, 1.165) is 16.0 Å². The van der Waals surface area contributed by atoms with E-state index in [-0.39, 0.29) is 22.4 Å². The highest BCUT2D eigenvalue weighted by Crippen LogP contribution is 2.34. The van der Waals surface area contributed by atoms with Crippen LogP contribution in [0.15, 0.2) is 102 Å². The lowest BCUT2D eigenvalue weighted by molar-refractivity contribution is 0.0601. The van der Waals surface area contributed by atoms with Crippen molar-refractivity contribution < 1.29 is 23.9 Å². The van der Waals surface area contributed by atoms with E-state index >= 15 is 0 Å². The van der Waals surface area contributed by atoms with Gasteiger partial charge in [-0.25, -0.2) is 9.69 Å². The predicted molar refractivity (Wildman–Crippen MR) is 148 cm³/mol. The lowest BCUT2D eigenvalue weighted by atomic mass is 10.0. The zero-order chi connectivity index (χ0) is 27.1. The molecule has 4 aromatic rings. The van der Waals surface area contributed by atoms with Gasteiger partial charge in [0.25, 0.3) is 11.8 Å². The van der Waals surface area contributed by atoms with Crippen LogP contribution >= 0.6 is 11.9 Å². The molecule has 38 heavy (non-hydrogen) atoms. The van der Waals surface area contributed by atoms with Gasteiger partial charge in [-0.2, -0.15) is 0 Å². The third-order valence-corrected chi connectivity index (χ3v) is 6.47. The van der Waals surface area contributed by atoms with Crippen LogP contribution in [0, 0.1) is 0 Å². The topological polar surface area (TPSA) is 92.8 Å². The van der Waals surface area contributed by atoms with Gasteiger partial charge in [-0.05, 0) is 66.5 Å². The van der Waals surface area contributed by atoms with Crippen LogP contribution in [-0.4, -0.2) is 38.2 Å². The van der Waals surface area contributed by atoms with Gasteiger partial charge in [0.1, 0.15) is 6.29 Å². The number of aldehydes is 1. The summed E-state index contributed by atoms with van der Waals surface area (Å²) in [7, 11) is 3.15. The first-order valence-electron chi connectivity index (χ1n) is 11.6. The molecule has 1 N–H and O–H groups in total. The molecule has 0 aromatic heterocycles. The van der Waals surface area contributed by atoms with Gasteiger partial charge in [0.2, 0.25) is 0 Å². The average molecular weight is 525 g/mol. The summed E-state index contributed by atoms with van der Waals surface area (Å²) >= 11 is 1.63. The summed E-state index contributed by atoms with van der Waals surface area (Å²) < 4.78 is 7.88. The minimum absolute atomic E-state index is 0.0963. The molecular formula is C30H24N2O5S. The number of carbonyl (C=O) groups is 4. The van der Waals surface area contributed by atoms with E-state index in [1.807, 2.05) is 55.6 Å². The molecule has 190 valence electrons. The van der Waals surface area contributed by atoms with Gasteiger partial charge < -0.3 is 4.74 Å². The van der Waals surface area contributed by atoms with Gasteiger partial charge in [0.05, 0.1) is 29.5 Å². The zero-order valence-electron chi connectivity index (χ0n) is 20.7. The maximum atomic E-state index is 12.9. The van der Waals surface area contributed by atoms with E-state index in [1.165, 1.54) is 30.2 Å². The van der Waals surface area contributed by atoms with E-state index in [2.05, 4.69) is 16.9 Å². The molecule has 0 unspecified atom stereocenters. The molecule has 0 spiro atoms. The lowest BCUT2D eigenvalue weighted by Crippen LogP contribution is -2.31. The second-order valence-electron chi connectivity index (χ2n) is 8.08. The van der Waals surface area contributed by atoms with Crippen molar-refractivity contribution in [2.24, 2.45) is 0 Å². The molecule has 1 aliphatic rings. The molecule has 4 aromatic carbocycles. The van der Waals surface area contributed by atoms with Crippen molar-refractivity contribution in [3.05, 3.63) is 119 Å². The molecule has 8 heteroatoms. The Morgan fingerprint density at radius 2 is 1.47 bits per heavy atom. The summed E-state index contributed by atoms with van der Waals surface area (Å²) in [6.45, 7) is 0. The number of benzene rings is 4. The predicted octanol–water partition coefficient (Wildman–Crippen LogP) is 5.67. The normalized spacial score (nSPS) is 11.9. The van der Waals surface area contributed by atoms with E-state index in [9.17, 15) is 19.2 Å². The first-order valence-corrected chi connectivity index (χ1v) is 12.4. The SMILES string of the molecule is CNSc1ccccc1.COC(=O)c1cc(-c2ccccc2)ccc1N1C(=O)c2ccc(C=O)cc2C1=O. The number of imide groups is 1. The van der Waals surface area contributed by atoms with Gasteiger partial charge in [-0.3, -0.25) is 19.1 Å². The van der Waals surface area contributed by atoms with E-state index in [4.69, 9.17) is 4.74 Å². The van der Waals surface area contributed by atoms with Crippen LogP contribution in [0.25, 0.3) is 11.1 Å². The molecule has 7 nitrogen and oxygen atoms in total. The van der Waals surface area contributed by atoms with Gasteiger partial charge in [-0.15, -0.1) is 0 Å². The molecule has 0 radical (unpaired) electrons. The highest BCUT2D eigenvalue weighted by molar-refractivity contribution is 7.97. The smallest absolute Gasteiger partial charge is 0.340 e. The van der Waals surface area contributed by atoms with Crippen molar-refractivity contribution in [1.29, 1.82) is 0 Å². The summed E-state index contributed by atoms with van der Waals surface area (Å²) in [5.41, 5.74) is 2.46. The number of nitrogens with zero attached hydrogens (tertiary/aromatic N) is 1. The third kappa shape index (κ3) is 5.56. The molecule has 0 aliphatic carbocycles. The largest absolute Gasteiger partial charge is 0.465 e. The number of anilines is 1. The second kappa shape index (κ2) is 12.1. The van der Waals surface area contributed by atoms with Gasteiger partial charge >= 0.3 is 5.97 Å². The number of carbonyl (C=O) groups excluding carboxylic acids is 4. The van der Waals surface area contributed by atoms with Crippen LogP contribution in [0.4, 0.5) is 5.69 Å². The monoisotopic (exact) mass is 524 g/mol. The first kappa shape index (κ1) is 26.5. The summed E-state index contributed by atoms with van der Waals surface area (Å²) in [4.78, 5) is 51.5. The number of rotatable bonds is 6. The molecule has 2 amide bonds. The average Bonchev–Trinajstić information content (AvgIpc) is 3.22. The van der Waals surface area contributed by atoms with Crippen molar-refractivity contribution >= 4 is 41.7 Å². The molecule has 0 atom stereocenters. The number of nitrogens with one attached hydrogen (secondary N) is 1. The summed E-state index contributed by atoms with van der Waals surface area (Å²) in [6.07, 6.45) is 0.606. The van der Waals surface area contributed by atoms with Crippen molar-refractivity contribution in [2.75, 3.05) is 19.1 Å². The van der Waals surface area contributed by atoms with Gasteiger partial charge in [0.15, 0.2) is 0 Å². The number of esters is 1. The van der Waals surface area contributed by atoms with Crippen molar-refractivity contribution in [3.8, 4) is 11.1 Å². The fourth-order valence-electron chi connectivity index (χ4n) is 3.97. The highest BCUT2D eigenvalue weighted by Gasteiger charge is 2.38. The van der Waals surface area contributed by atoms with E-state index in [0.29, 0.717) is 11.8 Å². The van der Waals surface area contributed by atoms with Crippen LogP contribution < -0.4 is 9.62 Å². The minimum Gasteiger partial charge on any atom is -0.465 e. The number of methoxy groups -OCH3 is 1.